The third-order valence-corrected chi connectivity index (χ3v) is 13.3. The van der Waals surface area contributed by atoms with E-state index in [4.69, 9.17) is 9.72 Å². The van der Waals surface area contributed by atoms with Crippen molar-refractivity contribution in [1.29, 1.82) is 0 Å². The Bertz CT molecular complexity index is 4080. The van der Waals surface area contributed by atoms with Crippen molar-refractivity contribution < 1.29 is 34.0 Å². The molecule has 0 amide bonds. The molecule has 13 rings (SSSR count). The maximum Gasteiger partial charge on any atom is 0.135 e. The molecule has 12 aromatic rings. The number of rotatable bonds is 6. The molecule has 1 aliphatic heterocycles. The van der Waals surface area contributed by atoms with Gasteiger partial charge in [-0.25, -0.2) is 4.98 Å². The fraction of sp³-hybridized carbons (Fsp3) is 0.100. The zero-order valence-corrected chi connectivity index (χ0v) is 39.5. The van der Waals surface area contributed by atoms with E-state index < -0.39 is 14.0 Å². The van der Waals surface area contributed by atoms with Crippen molar-refractivity contribution in [1.82, 2.24) is 18.7 Å². The summed E-state index contributed by atoms with van der Waals surface area (Å²) in [4.78, 5) is 8.67. The maximum atomic E-state index is 9.20. The van der Waals surface area contributed by atoms with Crippen LogP contribution < -0.4 is 14.5 Å². The van der Waals surface area contributed by atoms with Crippen LogP contribution in [-0.2, 0) is 40.4 Å². The average molecular weight is 1070 g/mol. The third kappa shape index (κ3) is 6.25. The van der Waals surface area contributed by atoms with E-state index >= 15 is 0 Å². The van der Waals surface area contributed by atoms with Gasteiger partial charge in [0.1, 0.15) is 5.82 Å². The zero-order valence-electron chi connectivity index (χ0n) is 43.2. The second-order valence-corrected chi connectivity index (χ2v) is 18.2. The zero-order chi connectivity index (χ0) is 50.1. The Kier molecular flexibility index (Phi) is 8.24. The molecule has 8 heteroatoms. The molecule has 8 aromatic carbocycles. The predicted molar refractivity (Wildman–Crippen MR) is 276 cm³/mol. The van der Waals surface area contributed by atoms with E-state index in [1.54, 1.807) is 6.20 Å². The molecule has 0 saturated carbocycles. The molecule has 7 nitrogen and oxygen atoms in total. The summed E-state index contributed by atoms with van der Waals surface area (Å²) in [7, 11) is 0. The Morgan fingerprint density at radius 3 is 1.90 bits per heavy atom. The van der Waals surface area contributed by atoms with Crippen LogP contribution in [0.3, 0.4) is 0 Å². The summed E-state index contributed by atoms with van der Waals surface area (Å²) in [6, 6.07) is 62.0. The van der Waals surface area contributed by atoms with Gasteiger partial charge in [-0.05, 0) is 64.4 Å². The number of aromatic nitrogens is 4. The van der Waals surface area contributed by atoms with E-state index in [-0.39, 0.29) is 26.5 Å². The number of nitrogens with zero attached hydrogens (tertiary/aromatic N) is 6. The number of aryl methyl sites for hydroxylation is 2. The fourth-order valence-corrected chi connectivity index (χ4v) is 10.2. The number of ether oxygens (including phenoxy) is 1. The molecular formula is C60H45N6OPt-3. The van der Waals surface area contributed by atoms with Crippen molar-refractivity contribution in [2.45, 2.75) is 26.2 Å². The predicted octanol–water partition coefficient (Wildman–Crippen LogP) is 15.2. The van der Waals surface area contributed by atoms with Gasteiger partial charge in [0.25, 0.3) is 0 Å². The molecule has 334 valence electrons. The van der Waals surface area contributed by atoms with Crippen LogP contribution in [0.5, 0.6) is 11.5 Å². The summed E-state index contributed by atoms with van der Waals surface area (Å²) in [5.74, 6) is 1.70. The van der Waals surface area contributed by atoms with Crippen LogP contribution >= 0.6 is 0 Å². The van der Waals surface area contributed by atoms with E-state index in [1.807, 2.05) is 162 Å². The van der Waals surface area contributed by atoms with Gasteiger partial charge in [0.05, 0.1) is 16.7 Å². The van der Waals surface area contributed by atoms with Crippen LogP contribution in [0.25, 0.3) is 82.4 Å². The van der Waals surface area contributed by atoms with E-state index in [0.717, 1.165) is 55.2 Å². The van der Waals surface area contributed by atoms with Gasteiger partial charge in [0.15, 0.2) is 0 Å². The Hall–Kier alpha value is -7.60. The number of hydrogen-bond acceptors (Lipinski definition) is 4. The number of para-hydroxylation sites is 4. The van der Waals surface area contributed by atoms with Crippen molar-refractivity contribution in [3.05, 3.63) is 200 Å². The van der Waals surface area contributed by atoms with Crippen molar-refractivity contribution in [2.75, 3.05) is 9.80 Å². The van der Waals surface area contributed by atoms with Gasteiger partial charge in [-0.3, -0.25) is 0 Å². The van der Waals surface area contributed by atoms with Crippen LogP contribution in [-0.4, -0.2) is 18.7 Å². The fourth-order valence-electron chi connectivity index (χ4n) is 10.2. The van der Waals surface area contributed by atoms with Crippen molar-refractivity contribution >= 4 is 88.2 Å². The second-order valence-electron chi connectivity index (χ2n) is 18.2. The van der Waals surface area contributed by atoms with E-state index in [1.165, 1.54) is 14.7 Å². The largest absolute Gasteiger partial charge is 0.509 e. The molecule has 1 aliphatic rings. The van der Waals surface area contributed by atoms with Gasteiger partial charge in [0.2, 0.25) is 0 Å². The Labute approximate surface area is 417 Å². The molecule has 0 spiro atoms. The number of anilines is 4. The Morgan fingerprint density at radius 2 is 1.22 bits per heavy atom. The van der Waals surface area contributed by atoms with Crippen LogP contribution in [0.4, 0.5) is 22.7 Å². The van der Waals surface area contributed by atoms with Crippen molar-refractivity contribution in [2.24, 2.45) is 14.0 Å². The molecule has 68 heavy (non-hydrogen) atoms. The first-order valence-electron chi connectivity index (χ1n) is 25.4. The maximum absolute atomic E-state index is 9.20. The summed E-state index contributed by atoms with van der Waals surface area (Å²) in [6.45, 7) is 3.17. The normalized spacial score (nSPS) is 14.5. The van der Waals surface area contributed by atoms with Crippen LogP contribution in [0.1, 0.15) is 34.6 Å². The van der Waals surface area contributed by atoms with Crippen molar-refractivity contribution in [3.8, 4) is 28.4 Å². The number of pyridine rings is 1. The standard InChI is InChI=1S/C60H45N6O.Pt/c1-60(2,3)39-29-32-49-46(34-39)43-31-30-42(36-52(43)66(49)53-28-15-16-33-61-53)67-41-21-17-20-40(35-41)64-37-65(51-27-14-13-26-50(51)64)59-57-55(44-22-9-11-24-47(44)62(57)4)54(38-18-7-6-8-19-38)56-45-23-10-12-25-48(45)63(5)58(56)59;/h6-34,37H,1-5H3;/q-3;/i4D3,5D3;. The average Bonchev–Trinajstić information content (AvgIpc) is 4.17. The third-order valence-electron chi connectivity index (χ3n) is 13.3. The molecule has 0 N–H and O–H groups in total. The summed E-state index contributed by atoms with van der Waals surface area (Å²) < 4.78 is 66.8. The number of hydrogen-bond donors (Lipinski definition) is 0. The van der Waals surface area contributed by atoms with E-state index in [0.29, 0.717) is 61.4 Å². The van der Waals surface area contributed by atoms with Crippen LogP contribution in [0.15, 0.2) is 176 Å². The first-order valence-corrected chi connectivity index (χ1v) is 22.4. The summed E-state index contributed by atoms with van der Waals surface area (Å²) in [6.07, 6.45) is 1.79. The minimum absolute atomic E-state index is 0. The van der Waals surface area contributed by atoms with Gasteiger partial charge in [0, 0.05) is 116 Å². The van der Waals surface area contributed by atoms with Gasteiger partial charge in [-0.2, -0.15) is 12.1 Å². The summed E-state index contributed by atoms with van der Waals surface area (Å²) in [5, 5.41) is 4.98. The van der Waals surface area contributed by atoms with Gasteiger partial charge >= 0.3 is 0 Å². The Morgan fingerprint density at radius 1 is 0.574 bits per heavy atom. The first kappa shape index (κ1) is 35.6. The summed E-state index contributed by atoms with van der Waals surface area (Å²) in [5.41, 5.74) is 8.85. The molecular weight excluding hydrogens is 1020 g/mol. The van der Waals surface area contributed by atoms with Crippen LogP contribution in [0, 0.1) is 18.8 Å². The van der Waals surface area contributed by atoms with Crippen molar-refractivity contribution in [3.63, 3.8) is 0 Å². The second kappa shape index (κ2) is 15.8. The number of benzene rings is 8. The smallest absolute Gasteiger partial charge is 0.135 e. The molecule has 0 atom stereocenters. The monoisotopic (exact) mass is 1070 g/mol. The minimum atomic E-state index is -2.69. The SMILES string of the molecule is [2H]C([2H])([2H])n1c2ccccc2c2c(-c3ccccc3)c3c4ccccc4n(C([2H])([2H])[2H])c3c(N3[CH-]N(c4[c-]c(Oc5[c-]c6c(cc5)c5cc(C(C)(C)C)ccc5n6-c5ccccn5)ccc4)c4ccccc43)c21.[Pt]. The van der Waals surface area contributed by atoms with E-state index in [9.17, 15) is 8.22 Å². The molecule has 0 radical (unpaired) electrons. The number of fused-ring (bicyclic) bond motifs is 10. The van der Waals surface area contributed by atoms with E-state index in [2.05, 4.69) is 61.7 Å². The van der Waals surface area contributed by atoms with Gasteiger partial charge in [-0.1, -0.05) is 123 Å². The molecule has 0 unspecified atom stereocenters. The minimum Gasteiger partial charge on any atom is -0.509 e. The quantitative estimate of drug-likeness (QED) is 0.156. The van der Waals surface area contributed by atoms with Gasteiger partial charge < -0.3 is 28.2 Å². The molecule has 0 aliphatic carbocycles. The molecule has 0 bridgehead atoms. The molecule has 0 fully saturated rings. The Balaban J connectivity index is 0.00000556. The van der Waals surface area contributed by atoms with Crippen LogP contribution in [0.2, 0.25) is 0 Å². The molecule has 4 aromatic heterocycles. The summed E-state index contributed by atoms with van der Waals surface area (Å²) >= 11 is 0. The first-order chi connectivity index (χ1) is 35.1. The molecule has 0 saturated heterocycles. The van der Waals surface area contributed by atoms with Gasteiger partial charge in [-0.15, -0.1) is 48.1 Å². The molecule has 5 heterocycles. The topological polar surface area (TPSA) is 43.4 Å².